The van der Waals surface area contributed by atoms with Crippen LogP contribution < -0.4 is 5.32 Å². The lowest BCUT2D eigenvalue weighted by Gasteiger charge is -2.13. The molecule has 0 aliphatic rings. The van der Waals surface area contributed by atoms with Crippen LogP contribution in [0.1, 0.15) is 35.5 Å². The molecule has 1 N–H and O–H groups in total. The average Bonchev–Trinajstić information content (AvgIpc) is 3.16. The van der Waals surface area contributed by atoms with E-state index in [1.165, 1.54) is 41.1 Å². The second-order valence-electron chi connectivity index (χ2n) is 6.37. The smallest absolute Gasteiger partial charge is 0.269 e. The number of anilines is 1. The van der Waals surface area contributed by atoms with Gasteiger partial charge in [-0.2, -0.15) is 0 Å². The lowest BCUT2D eigenvalue weighted by atomic mass is 9.98. The maximum absolute atomic E-state index is 13.8. The summed E-state index contributed by atoms with van der Waals surface area (Å²) in [6, 6.07) is 3.63. The molecule has 3 aromatic rings. The molecule has 4 nitrogen and oxygen atoms in total. The van der Waals surface area contributed by atoms with E-state index in [9.17, 15) is 13.6 Å². The van der Waals surface area contributed by atoms with Crippen molar-refractivity contribution in [3.05, 3.63) is 51.3 Å². The second-order valence-corrected chi connectivity index (χ2v) is 8.26. The van der Waals surface area contributed by atoms with Crippen molar-refractivity contribution in [2.75, 3.05) is 5.32 Å². The van der Waals surface area contributed by atoms with E-state index in [0.29, 0.717) is 4.88 Å². The van der Waals surface area contributed by atoms with Crippen LogP contribution in [0.3, 0.4) is 0 Å². The molecule has 8 heteroatoms. The third kappa shape index (κ3) is 3.74. The van der Waals surface area contributed by atoms with Crippen LogP contribution >= 0.6 is 22.7 Å². The maximum Gasteiger partial charge on any atom is 0.269 e. The summed E-state index contributed by atoms with van der Waals surface area (Å²) in [5.41, 5.74) is -0.192. The van der Waals surface area contributed by atoms with E-state index in [-0.39, 0.29) is 27.7 Å². The molecular weight excluding hydrogens is 364 g/mol. The van der Waals surface area contributed by atoms with E-state index in [1.54, 1.807) is 0 Å². The fraction of sp³-hybridized carbons (Fsp3) is 0.235. The van der Waals surface area contributed by atoms with Crippen LogP contribution in [-0.4, -0.2) is 15.9 Å². The highest BCUT2D eigenvalue weighted by Gasteiger charge is 2.21. The molecular formula is C17H15F2N3OS2. The predicted molar refractivity (Wildman–Crippen MR) is 96.2 cm³/mol. The zero-order chi connectivity index (χ0) is 18.2. The van der Waals surface area contributed by atoms with E-state index in [2.05, 4.69) is 15.3 Å². The molecule has 0 fully saturated rings. The number of carbonyl (C=O) groups is 1. The molecule has 2 heterocycles. The summed E-state index contributed by atoms with van der Waals surface area (Å²) in [5, 5.41) is 5.27. The number of hydrogen-bond donors (Lipinski definition) is 1. The van der Waals surface area contributed by atoms with Gasteiger partial charge >= 0.3 is 0 Å². The Kier molecular flexibility index (Phi) is 4.66. The van der Waals surface area contributed by atoms with Crippen molar-refractivity contribution in [2.45, 2.75) is 26.2 Å². The zero-order valence-corrected chi connectivity index (χ0v) is 15.4. The van der Waals surface area contributed by atoms with Crippen molar-refractivity contribution < 1.29 is 13.6 Å². The fourth-order valence-corrected chi connectivity index (χ4v) is 3.64. The Balaban J connectivity index is 1.80. The van der Waals surface area contributed by atoms with Crippen molar-refractivity contribution in [1.82, 2.24) is 9.97 Å². The number of thiazole rings is 2. The van der Waals surface area contributed by atoms with Crippen molar-refractivity contribution in [1.29, 1.82) is 0 Å². The zero-order valence-electron chi connectivity index (χ0n) is 13.8. The third-order valence-corrected chi connectivity index (χ3v) is 5.49. The summed E-state index contributed by atoms with van der Waals surface area (Å²) in [6.07, 6.45) is 1.52. The summed E-state index contributed by atoms with van der Waals surface area (Å²) in [5.74, 6) is -1.73. The average molecular weight is 379 g/mol. The molecule has 2 aromatic heterocycles. The van der Waals surface area contributed by atoms with Crippen LogP contribution in [-0.2, 0) is 5.41 Å². The van der Waals surface area contributed by atoms with Gasteiger partial charge in [0.2, 0.25) is 0 Å². The summed E-state index contributed by atoms with van der Waals surface area (Å²) in [4.78, 5) is 21.2. The van der Waals surface area contributed by atoms with Crippen LogP contribution in [0.5, 0.6) is 0 Å². The van der Waals surface area contributed by atoms with E-state index in [4.69, 9.17) is 0 Å². The van der Waals surface area contributed by atoms with Gasteiger partial charge < -0.3 is 0 Å². The van der Waals surface area contributed by atoms with E-state index in [0.717, 1.165) is 16.3 Å². The highest BCUT2D eigenvalue weighted by Crippen LogP contribution is 2.30. The molecule has 0 radical (unpaired) electrons. The lowest BCUT2D eigenvalue weighted by molar-refractivity contribution is 0.103. The van der Waals surface area contributed by atoms with Gasteiger partial charge in [0, 0.05) is 10.8 Å². The molecule has 0 spiro atoms. The van der Waals surface area contributed by atoms with Gasteiger partial charge in [0.1, 0.15) is 16.5 Å². The van der Waals surface area contributed by atoms with Crippen molar-refractivity contribution >= 4 is 33.7 Å². The minimum Gasteiger partial charge on any atom is -0.297 e. The molecule has 0 saturated heterocycles. The van der Waals surface area contributed by atoms with Crippen molar-refractivity contribution in [3.8, 4) is 11.3 Å². The predicted octanol–water partition coefficient (Wildman–Crippen LogP) is 5.09. The molecule has 0 aliphatic heterocycles. The normalized spacial score (nSPS) is 11.6. The number of amides is 1. The number of halogens is 2. The van der Waals surface area contributed by atoms with Crippen LogP contribution in [0.4, 0.5) is 13.9 Å². The molecule has 3 rings (SSSR count). The van der Waals surface area contributed by atoms with Crippen LogP contribution in [0.2, 0.25) is 0 Å². The van der Waals surface area contributed by atoms with Gasteiger partial charge in [0.15, 0.2) is 5.13 Å². The quantitative estimate of drug-likeness (QED) is 0.689. The third-order valence-electron chi connectivity index (χ3n) is 3.31. The Morgan fingerprint density at radius 2 is 1.88 bits per heavy atom. The minimum atomic E-state index is -0.694. The van der Waals surface area contributed by atoms with Crippen LogP contribution in [0.25, 0.3) is 11.3 Å². The number of benzene rings is 1. The molecule has 1 aromatic carbocycles. The van der Waals surface area contributed by atoms with Gasteiger partial charge in [-0.1, -0.05) is 26.8 Å². The Morgan fingerprint density at radius 1 is 1.20 bits per heavy atom. The SMILES string of the molecule is CC(C)(C)c1ncc(C(=O)Nc2nc(-c3c(F)cccc3F)cs2)s1. The molecule has 130 valence electrons. The van der Waals surface area contributed by atoms with E-state index >= 15 is 0 Å². The molecule has 0 saturated carbocycles. The first kappa shape index (κ1) is 17.6. The van der Waals surface area contributed by atoms with Crippen LogP contribution in [0, 0.1) is 11.6 Å². The summed E-state index contributed by atoms with van der Waals surface area (Å²) >= 11 is 2.41. The highest BCUT2D eigenvalue weighted by molar-refractivity contribution is 7.15. The van der Waals surface area contributed by atoms with Crippen molar-refractivity contribution in [3.63, 3.8) is 0 Å². The molecule has 0 unspecified atom stereocenters. The first-order valence-electron chi connectivity index (χ1n) is 7.43. The summed E-state index contributed by atoms with van der Waals surface area (Å²) in [6.45, 7) is 6.05. The van der Waals surface area contributed by atoms with Gasteiger partial charge in [-0.25, -0.2) is 18.7 Å². The van der Waals surface area contributed by atoms with Gasteiger partial charge in [-0.15, -0.1) is 22.7 Å². The molecule has 0 atom stereocenters. The summed E-state index contributed by atoms with van der Waals surface area (Å²) in [7, 11) is 0. The molecule has 0 bridgehead atoms. The Bertz CT molecular complexity index is 908. The van der Waals surface area contributed by atoms with Crippen LogP contribution in [0.15, 0.2) is 29.8 Å². The highest BCUT2D eigenvalue weighted by atomic mass is 32.1. The van der Waals surface area contributed by atoms with E-state index < -0.39 is 11.6 Å². The number of rotatable bonds is 3. The molecule has 0 aliphatic carbocycles. The topological polar surface area (TPSA) is 54.9 Å². The Labute approximate surface area is 151 Å². The Morgan fingerprint density at radius 3 is 2.48 bits per heavy atom. The van der Waals surface area contributed by atoms with Crippen molar-refractivity contribution in [2.24, 2.45) is 0 Å². The van der Waals surface area contributed by atoms with Gasteiger partial charge in [-0.3, -0.25) is 10.1 Å². The van der Waals surface area contributed by atoms with E-state index in [1.807, 2.05) is 20.8 Å². The minimum absolute atomic E-state index is 0.139. The number of carbonyl (C=O) groups excluding carboxylic acids is 1. The standard InChI is InChI=1S/C17H15F2N3OS2/c1-17(2,3)15-20-7-12(25-15)14(23)22-16-21-11(8-24-16)13-9(18)5-4-6-10(13)19/h4-8H,1-3H3,(H,21,22,23). The fourth-order valence-electron chi connectivity index (χ4n) is 2.07. The van der Waals surface area contributed by atoms with Gasteiger partial charge in [-0.05, 0) is 12.1 Å². The van der Waals surface area contributed by atoms with Gasteiger partial charge in [0.25, 0.3) is 5.91 Å². The Hall–Kier alpha value is -2.19. The monoisotopic (exact) mass is 379 g/mol. The number of nitrogens with one attached hydrogen (secondary N) is 1. The first-order chi connectivity index (χ1) is 11.8. The van der Waals surface area contributed by atoms with Gasteiger partial charge in [0.05, 0.1) is 22.5 Å². The number of hydrogen-bond acceptors (Lipinski definition) is 5. The molecule has 25 heavy (non-hydrogen) atoms. The first-order valence-corrected chi connectivity index (χ1v) is 9.13. The second kappa shape index (κ2) is 6.61. The molecule has 1 amide bonds. The summed E-state index contributed by atoms with van der Waals surface area (Å²) < 4.78 is 27.6. The number of nitrogens with zero attached hydrogens (tertiary/aromatic N) is 2. The lowest BCUT2D eigenvalue weighted by Crippen LogP contribution is -2.10. The largest absolute Gasteiger partial charge is 0.297 e. The number of aromatic nitrogens is 2. The maximum atomic E-state index is 13.8.